The SMILES string of the molecule is CCCN(CCOc1c(Cl)cc(Cl)cc1Cl)C(=O)n1ccnc1.COC(=O)Nc1nc2ccccc2[nH]1.c1ccc2[nH]c(-c3cscn3)nc2c1. The first-order valence-corrected chi connectivity index (χ1v) is 17.5. The number of para-hydroxylation sites is 4. The van der Waals surface area contributed by atoms with E-state index >= 15 is 0 Å². The number of hydrogen-bond acceptors (Lipinski definition) is 9. The number of carbonyl (C=O) groups excluding carboxylic acids is 2. The Bertz CT molecular complexity index is 2080. The fourth-order valence-electron chi connectivity index (χ4n) is 4.60. The Morgan fingerprint density at radius 2 is 1.65 bits per heavy atom. The number of benzene rings is 3. The number of amides is 2. The Morgan fingerprint density at radius 1 is 0.961 bits per heavy atom. The summed E-state index contributed by atoms with van der Waals surface area (Å²) in [7, 11) is 1.30. The molecule has 3 aromatic carbocycles. The smallest absolute Gasteiger partial charge is 0.413 e. The van der Waals surface area contributed by atoms with Gasteiger partial charge in [0.2, 0.25) is 5.95 Å². The topological polar surface area (TPSA) is 156 Å². The van der Waals surface area contributed by atoms with Gasteiger partial charge in [0, 0.05) is 29.3 Å². The highest BCUT2D eigenvalue weighted by Crippen LogP contribution is 2.35. The number of rotatable bonds is 8. The second-order valence-corrected chi connectivity index (χ2v) is 12.5. The molecule has 0 aliphatic carbocycles. The minimum absolute atomic E-state index is 0.152. The fraction of sp³-hybridized carbons (Fsp3) is 0.176. The number of nitrogens with one attached hydrogen (secondary N) is 3. The molecule has 0 saturated carbocycles. The van der Waals surface area contributed by atoms with Crippen LogP contribution in [0, 0.1) is 0 Å². The van der Waals surface area contributed by atoms with Crippen LogP contribution in [0.4, 0.5) is 15.5 Å². The van der Waals surface area contributed by atoms with Crippen molar-refractivity contribution in [2.24, 2.45) is 0 Å². The van der Waals surface area contributed by atoms with E-state index in [0.717, 1.165) is 40.0 Å². The van der Waals surface area contributed by atoms with Gasteiger partial charge in [-0.1, -0.05) is 66.0 Å². The molecule has 0 unspecified atom stereocenters. The van der Waals surface area contributed by atoms with Gasteiger partial charge < -0.3 is 24.3 Å². The van der Waals surface area contributed by atoms with Gasteiger partial charge in [-0.15, -0.1) is 11.3 Å². The van der Waals surface area contributed by atoms with Crippen LogP contribution in [0.1, 0.15) is 13.3 Å². The number of fused-ring (bicyclic) bond motifs is 2. The molecule has 264 valence electrons. The number of halogens is 3. The summed E-state index contributed by atoms with van der Waals surface area (Å²) in [5, 5.41) is 5.55. The summed E-state index contributed by atoms with van der Waals surface area (Å²) in [6, 6.07) is 18.4. The van der Waals surface area contributed by atoms with Crippen LogP contribution in [0.15, 0.2) is 90.3 Å². The summed E-state index contributed by atoms with van der Waals surface area (Å²) in [5.41, 5.74) is 6.43. The monoisotopic (exact) mass is 767 g/mol. The highest BCUT2D eigenvalue weighted by molar-refractivity contribution is 7.07. The molecular weight excluding hydrogens is 737 g/mol. The number of ether oxygens (including phenoxy) is 2. The molecule has 0 saturated heterocycles. The molecule has 0 fully saturated rings. The molecule has 13 nitrogen and oxygen atoms in total. The predicted octanol–water partition coefficient (Wildman–Crippen LogP) is 9.03. The van der Waals surface area contributed by atoms with Crippen molar-refractivity contribution in [1.29, 1.82) is 0 Å². The number of aromatic amines is 2. The number of aromatic nitrogens is 7. The third-order valence-corrected chi connectivity index (χ3v) is 8.29. The maximum atomic E-state index is 12.3. The average Bonchev–Trinajstić information content (AvgIpc) is 3.96. The molecule has 4 heterocycles. The summed E-state index contributed by atoms with van der Waals surface area (Å²) >= 11 is 19.6. The number of imidazole rings is 3. The first-order chi connectivity index (χ1) is 24.7. The highest BCUT2D eigenvalue weighted by atomic mass is 35.5. The number of anilines is 1. The third kappa shape index (κ3) is 10.2. The van der Waals surface area contributed by atoms with Gasteiger partial charge in [0.25, 0.3) is 0 Å². The van der Waals surface area contributed by atoms with E-state index < -0.39 is 6.09 Å². The molecule has 7 rings (SSSR count). The number of methoxy groups -OCH3 is 1. The average molecular weight is 769 g/mol. The van der Waals surface area contributed by atoms with Crippen molar-refractivity contribution in [3.05, 3.63) is 105 Å². The van der Waals surface area contributed by atoms with E-state index in [0.29, 0.717) is 39.9 Å². The molecule has 51 heavy (non-hydrogen) atoms. The molecule has 0 aliphatic heterocycles. The maximum absolute atomic E-state index is 12.3. The summed E-state index contributed by atoms with van der Waals surface area (Å²) in [6.07, 6.45) is 4.94. The molecule has 0 radical (unpaired) electrons. The number of carbonyl (C=O) groups is 2. The third-order valence-electron chi connectivity index (χ3n) is 6.92. The van der Waals surface area contributed by atoms with E-state index in [-0.39, 0.29) is 12.6 Å². The number of hydrogen-bond donors (Lipinski definition) is 3. The van der Waals surface area contributed by atoms with Crippen LogP contribution in [-0.2, 0) is 4.74 Å². The number of nitrogens with zero attached hydrogens (tertiary/aromatic N) is 6. The van der Waals surface area contributed by atoms with Crippen molar-refractivity contribution in [3.63, 3.8) is 0 Å². The van der Waals surface area contributed by atoms with Crippen molar-refractivity contribution in [3.8, 4) is 17.3 Å². The largest absolute Gasteiger partial charge is 0.489 e. The zero-order valence-electron chi connectivity index (χ0n) is 27.3. The van der Waals surface area contributed by atoms with Crippen LogP contribution in [0.5, 0.6) is 5.75 Å². The van der Waals surface area contributed by atoms with E-state index in [9.17, 15) is 9.59 Å². The molecule has 17 heteroatoms. The molecule has 3 N–H and O–H groups in total. The van der Waals surface area contributed by atoms with E-state index in [2.05, 4.69) is 40.0 Å². The Labute approximate surface area is 311 Å². The lowest BCUT2D eigenvalue weighted by molar-refractivity contribution is 0.184. The molecule has 4 aromatic heterocycles. The maximum Gasteiger partial charge on any atom is 0.413 e. The van der Waals surface area contributed by atoms with Gasteiger partial charge in [0.15, 0.2) is 11.6 Å². The highest BCUT2D eigenvalue weighted by Gasteiger charge is 2.16. The van der Waals surface area contributed by atoms with Gasteiger partial charge in [-0.05, 0) is 42.8 Å². The zero-order chi connectivity index (χ0) is 36.2. The lowest BCUT2D eigenvalue weighted by Crippen LogP contribution is -2.37. The minimum Gasteiger partial charge on any atom is -0.489 e. The van der Waals surface area contributed by atoms with E-state index in [1.165, 1.54) is 18.0 Å². The van der Waals surface area contributed by atoms with Crippen LogP contribution in [-0.4, -0.2) is 78.3 Å². The van der Waals surface area contributed by atoms with Gasteiger partial charge in [0.05, 0.1) is 51.3 Å². The minimum atomic E-state index is -0.538. The second-order valence-electron chi connectivity index (χ2n) is 10.5. The van der Waals surface area contributed by atoms with Crippen LogP contribution in [0.25, 0.3) is 33.6 Å². The summed E-state index contributed by atoms with van der Waals surface area (Å²) in [5.74, 6) is 1.59. The van der Waals surface area contributed by atoms with Gasteiger partial charge in [-0.25, -0.2) is 29.5 Å². The van der Waals surface area contributed by atoms with Gasteiger partial charge in [0.1, 0.15) is 18.6 Å². The molecule has 0 aliphatic rings. The van der Waals surface area contributed by atoms with Crippen LogP contribution in [0.3, 0.4) is 0 Å². The number of thiazole rings is 1. The quantitative estimate of drug-likeness (QED) is 0.138. The summed E-state index contributed by atoms with van der Waals surface area (Å²) in [6.45, 7) is 3.28. The van der Waals surface area contributed by atoms with Gasteiger partial charge in [-0.2, -0.15) is 0 Å². The molecular formula is C34H32Cl3N9O4S. The fourth-order valence-corrected chi connectivity index (χ4v) is 6.06. The van der Waals surface area contributed by atoms with E-state index in [1.807, 2.05) is 66.3 Å². The Hall–Kier alpha value is -5.15. The van der Waals surface area contributed by atoms with Gasteiger partial charge in [-0.3, -0.25) is 9.88 Å². The van der Waals surface area contributed by atoms with Crippen LogP contribution >= 0.6 is 46.1 Å². The van der Waals surface area contributed by atoms with Crippen molar-refractivity contribution >= 4 is 86.3 Å². The first kappa shape index (κ1) is 37.1. The molecule has 7 aromatic rings. The Balaban J connectivity index is 0.000000155. The lowest BCUT2D eigenvalue weighted by atomic mass is 10.3. The summed E-state index contributed by atoms with van der Waals surface area (Å²) < 4.78 is 11.5. The molecule has 0 spiro atoms. The first-order valence-electron chi connectivity index (χ1n) is 15.4. The Morgan fingerprint density at radius 3 is 2.24 bits per heavy atom. The summed E-state index contributed by atoms with van der Waals surface area (Å²) in [4.78, 5) is 47.7. The second kappa shape index (κ2) is 18.2. The van der Waals surface area contributed by atoms with Crippen molar-refractivity contribution in [2.75, 3.05) is 32.1 Å². The van der Waals surface area contributed by atoms with Crippen LogP contribution < -0.4 is 10.1 Å². The van der Waals surface area contributed by atoms with Crippen molar-refractivity contribution < 1.29 is 19.1 Å². The van der Waals surface area contributed by atoms with Gasteiger partial charge >= 0.3 is 12.1 Å². The standard InChI is InChI=1S/C15H16Cl3N3O2.C10H7N3S.C9H9N3O2/c1-2-4-20(15(22)21-5-3-19-10-21)6-7-23-14-12(17)8-11(16)9-13(14)18;1-2-4-8-7(3-1)12-10(13-8)9-5-14-6-11-9;1-14-9(13)12-8-10-6-4-2-3-5-7(6)11-8/h3,5,8-10H,2,4,6-7H2,1H3;1-6H,(H,12,13);2-5H,1H3,(H2,10,11,12,13). The Kier molecular flexibility index (Phi) is 13.2. The lowest BCUT2D eigenvalue weighted by Gasteiger charge is -2.22. The van der Waals surface area contributed by atoms with Crippen molar-refractivity contribution in [2.45, 2.75) is 13.3 Å². The molecule has 2 amide bonds. The van der Waals surface area contributed by atoms with E-state index in [1.54, 1.807) is 40.8 Å². The van der Waals surface area contributed by atoms with Crippen LogP contribution in [0.2, 0.25) is 15.1 Å². The zero-order valence-corrected chi connectivity index (χ0v) is 30.4. The number of H-pyrrole nitrogens is 2. The normalized spacial score (nSPS) is 10.5. The molecule has 0 atom stereocenters. The van der Waals surface area contributed by atoms with E-state index in [4.69, 9.17) is 39.5 Å². The molecule has 0 bridgehead atoms. The predicted molar refractivity (Wildman–Crippen MR) is 201 cm³/mol. The van der Waals surface area contributed by atoms with Crippen molar-refractivity contribution in [1.82, 2.24) is 39.4 Å².